The Hall–Kier alpha value is -6.62. The Morgan fingerprint density at radius 1 is 0.569 bits per heavy atom. The number of ketones is 1. The third kappa shape index (κ3) is 8.16. The molecule has 0 amide bonds. The number of ether oxygens (including phenoxy) is 5. The van der Waals surface area contributed by atoms with Gasteiger partial charge in [0, 0.05) is 29.6 Å². The molecule has 258 valence electrons. The molecule has 0 aromatic heterocycles. The summed E-state index contributed by atoms with van der Waals surface area (Å²) in [6.45, 7) is 9.94. The van der Waals surface area contributed by atoms with Crippen molar-refractivity contribution < 1.29 is 52.5 Å². The van der Waals surface area contributed by atoms with Crippen LogP contribution in [0, 0.1) is 0 Å². The summed E-state index contributed by atoms with van der Waals surface area (Å²) in [6, 6.07) is 22.4. The highest BCUT2D eigenvalue weighted by Crippen LogP contribution is 2.50. The third-order valence-corrected chi connectivity index (χ3v) is 8.14. The molecule has 0 saturated heterocycles. The van der Waals surface area contributed by atoms with Crippen LogP contribution in [0.2, 0.25) is 0 Å². The van der Waals surface area contributed by atoms with E-state index in [1.807, 2.05) is 26.0 Å². The van der Waals surface area contributed by atoms with Crippen molar-refractivity contribution in [2.75, 3.05) is 13.4 Å². The van der Waals surface area contributed by atoms with Crippen molar-refractivity contribution >= 4 is 35.6 Å². The van der Waals surface area contributed by atoms with Gasteiger partial charge in [-0.15, -0.1) is 0 Å². The molecule has 0 N–H and O–H groups in total. The summed E-state index contributed by atoms with van der Waals surface area (Å²) in [5.74, 6) is -2.91. The Labute approximate surface area is 293 Å². The Kier molecular flexibility index (Phi) is 10.7. The van der Waals surface area contributed by atoms with Gasteiger partial charge in [-0.2, -0.15) is 0 Å². The second-order valence-electron chi connectivity index (χ2n) is 11.7. The van der Waals surface area contributed by atoms with Gasteiger partial charge in [-0.3, -0.25) is 4.79 Å². The van der Waals surface area contributed by atoms with Crippen LogP contribution in [0.4, 0.5) is 0 Å². The van der Waals surface area contributed by atoms with Crippen molar-refractivity contribution in [1.29, 1.82) is 0 Å². The minimum Gasteiger partial charge on any atom is -0.462 e. The standard InChI is InChI=1S/C40H32O11/c1-5-35(42)47-20-19-34(41)24-7-9-26(10-8-24)38(45)50-28-15-17-30-31-18-16-29(22-33(31)40(3,4)32(30)21-28)51-39(46)27-13-11-25(12-14-27)37(44)49-23-48-36(43)6-2/h5-18,21-22H,1-2,19-20,23H2,3-4H3. The minimum absolute atomic E-state index is 0.00590. The highest BCUT2D eigenvalue weighted by atomic mass is 16.7. The predicted octanol–water partition coefficient (Wildman–Crippen LogP) is 6.58. The van der Waals surface area contributed by atoms with E-state index in [1.165, 1.54) is 48.5 Å². The van der Waals surface area contributed by atoms with Crippen molar-refractivity contribution in [2.24, 2.45) is 0 Å². The smallest absolute Gasteiger partial charge is 0.343 e. The number of esters is 5. The zero-order chi connectivity index (χ0) is 36.7. The van der Waals surface area contributed by atoms with E-state index in [0.29, 0.717) is 17.1 Å². The quantitative estimate of drug-likeness (QED) is 0.0493. The first kappa shape index (κ1) is 35.7. The van der Waals surface area contributed by atoms with E-state index < -0.39 is 42.1 Å². The predicted molar refractivity (Wildman–Crippen MR) is 183 cm³/mol. The van der Waals surface area contributed by atoms with Crippen LogP contribution < -0.4 is 9.47 Å². The van der Waals surface area contributed by atoms with E-state index in [4.69, 9.17) is 18.9 Å². The first-order valence-corrected chi connectivity index (χ1v) is 15.6. The molecule has 11 nitrogen and oxygen atoms in total. The average molecular weight is 689 g/mol. The molecule has 0 bridgehead atoms. The normalized spacial score (nSPS) is 12.0. The first-order valence-electron chi connectivity index (χ1n) is 15.6. The molecular formula is C40H32O11. The van der Waals surface area contributed by atoms with Crippen LogP contribution in [0.5, 0.6) is 11.5 Å². The number of carbonyl (C=O) groups excluding carboxylic acids is 6. The van der Waals surface area contributed by atoms with E-state index in [-0.39, 0.29) is 35.5 Å². The van der Waals surface area contributed by atoms with E-state index in [2.05, 4.69) is 17.9 Å². The maximum atomic E-state index is 13.0. The van der Waals surface area contributed by atoms with Gasteiger partial charge in [0.1, 0.15) is 11.5 Å². The summed E-state index contributed by atoms with van der Waals surface area (Å²) in [5.41, 5.74) is 4.11. The Bertz CT molecular complexity index is 1910. The summed E-state index contributed by atoms with van der Waals surface area (Å²) in [4.78, 5) is 72.7. The Balaban J connectivity index is 1.22. The van der Waals surface area contributed by atoms with Crippen molar-refractivity contribution in [3.63, 3.8) is 0 Å². The van der Waals surface area contributed by atoms with Crippen LogP contribution in [-0.4, -0.2) is 49.0 Å². The largest absolute Gasteiger partial charge is 0.462 e. The molecular weight excluding hydrogens is 656 g/mol. The number of hydrogen-bond acceptors (Lipinski definition) is 11. The lowest BCUT2D eigenvalue weighted by atomic mass is 9.82. The maximum absolute atomic E-state index is 13.0. The monoisotopic (exact) mass is 688 g/mol. The molecule has 0 spiro atoms. The molecule has 4 aromatic rings. The van der Waals surface area contributed by atoms with Crippen LogP contribution in [0.15, 0.2) is 110 Å². The Morgan fingerprint density at radius 2 is 1.00 bits per heavy atom. The number of carbonyl (C=O) groups is 6. The third-order valence-electron chi connectivity index (χ3n) is 8.14. The van der Waals surface area contributed by atoms with Crippen LogP contribution in [0.3, 0.4) is 0 Å². The van der Waals surface area contributed by atoms with Gasteiger partial charge in [0.15, 0.2) is 5.78 Å². The SMILES string of the molecule is C=CC(=O)OCCC(=O)c1ccc(C(=O)Oc2ccc3c(c2)C(C)(C)c2cc(OC(=O)c4ccc(C(=O)OCOC(=O)C=C)cc4)ccc2-3)cc1. The van der Waals surface area contributed by atoms with Crippen LogP contribution >= 0.6 is 0 Å². The topological polar surface area (TPSA) is 149 Å². The second-order valence-corrected chi connectivity index (χ2v) is 11.7. The van der Waals surface area contributed by atoms with Crippen molar-refractivity contribution in [1.82, 2.24) is 0 Å². The molecule has 0 aliphatic heterocycles. The van der Waals surface area contributed by atoms with Gasteiger partial charge in [-0.1, -0.05) is 51.3 Å². The maximum Gasteiger partial charge on any atom is 0.343 e. The molecule has 0 radical (unpaired) electrons. The lowest BCUT2D eigenvalue weighted by Gasteiger charge is -2.22. The van der Waals surface area contributed by atoms with E-state index in [9.17, 15) is 28.8 Å². The lowest BCUT2D eigenvalue weighted by molar-refractivity contribution is -0.146. The van der Waals surface area contributed by atoms with E-state index in [1.54, 1.807) is 24.3 Å². The average Bonchev–Trinajstić information content (AvgIpc) is 3.36. The zero-order valence-corrected chi connectivity index (χ0v) is 27.8. The molecule has 1 aliphatic carbocycles. The zero-order valence-electron chi connectivity index (χ0n) is 27.8. The molecule has 4 aromatic carbocycles. The molecule has 1 aliphatic rings. The highest BCUT2D eigenvalue weighted by Gasteiger charge is 2.36. The van der Waals surface area contributed by atoms with Crippen molar-refractivity contribution in [2.45, 2.75) is 25.7 Å². The molecule has 0 fully saturated rings. The lowest BCUT2D eigenvalue weighted by Crippen LogP contribution is -2.16. The summed E-state index contributed by atoms with van der Waals surface area (Å²) in [5, 5.41) is 0. The fraction of sp³-hybridized carbons (Fsp3) is 0.150. The molecule has 0 atom stereocenters. The number of Topliss-reactive ketones (excluding diaryl/α,β-unsaturated/α-hetero) is 1. The molecule has 0 heterocycles. The van der Waals surface area contributed by atoms with Gasteiger partial charge < -0.3 is 23.7 Å². The number of hydrogen-bond donors (Lipinski definition) is 0. The van der Waals surface area contributed by atoms with E-state index in [0.717, 1.165) is 34.4 Å². The molecule has 0 unspecified atom stereocenters. The van der Waals surface area contributed by atoms with E-state index >= 15 is 0 Å². The number of rotatable bonds is 13. The van der Waals surface area contributed by atoms with Crippen molar-refractivity contribution in [3.05, 3.63) is 144 Å². The molecule has 11 heteroatoms. The fourth-order valence-electron chi connectivity index (χ4n) is 5.42. The van der Waals surface area contributed by atoms with Gasteiger partial charge in [-0.05, 0) is 82.9 Å². The summed E-state index contributed by atoms with van der Waals surface area (Å²) >= 11 is 0. The van der Waals surface area contributed by atoms with Crippen LogP contribution in [0.1, 0.15) is 72.8 Å². The first-order chi connectivity index (χ1) is 24.4. The van der Waals surface area contributed by atoms with Gasteiger partial charge >= 0.3 is 29.8 Å². The summed E-state index contributed by atoms with van der Waals surface area (Å²) < 4.78 is 25.7. The van der Waals surface area contributed by atoms with Crippen molar-refractivity contribution in [3.8, 4) is 22.6 Å². The number of fused-ring (bicyclic) bond motifs is 3. The number of benzene rings is 4. The van der Waals surface area contributed by atoms with Gasteiger partial charge in [0.25, 0.3) is 0 Å². The molecule has 51 heavy (non-hydrogen) atoms. The summed E-state index contributed by atoms with van der Waals surface area (Å²) in [7, 11) is 0. The van der Waals surface area contributed by atoms with Gasteiger partial charge in [0.2, 0.25) is 6.79 Å². The molecule has 5 rings (SSSR count). The fourth-order valence-corrected chi connectivity index (χ4v) is 5.42. The van der Waals surface area contributed by atoms with Gasteiger partial charge in [0.05, 0.1) is 23.3 Å². The second kappa shape index (κ2) is 15.3. The Morgan fingerprint density at radius 3 is 1.47 bits per heavy atom. The van der Waals surface area contributed by atoms with Gasteiger partial charge in [-0.25, -0.2) is 24.0 Å². The minimum atomic E-state index is -0.740. The van der Waals surface area contributed by atoms with Crippen LogP contribution in [0.25, 0.3) is 11.1 Å². The highest BCUT2D eigenvalue weighted by molar-refractivity contribution is 5.98. The van der Waals surface area contributed by atoms with Crippen LogP contribution in [-0.2, 0) is 29.2 Å². The summed E-state index contributed by atoms with van der Waals surface area (Å²) in [6.07, 6.45) is 1.96. The molecule has 0 saturated carbocycles.